The van der Waals surface area contributed by atoms with Gasteiger partial charge in [-0.3, -0.25) is 0 Å². The fourth-order valence-electron chi connectivity index (χ4n) is 3.14. The molecule has 2 amide bonds. The first kappa shape index (κ1) is 22.6. The van der Waals surface area contributed by atoms with E-state index in [-0.39, 0.29) is 42.3 Å². The molecule has 1 saturated heterocycles. The molecule has 3 atom stereocenters. The summed E-state index contributed by atoms with van der Waals surface area (Å²) in [4.78, 5) is 12.1. The number of urea groups is 1. The van der Waals surface area contributed by atoms with Crippen molar-refractivity contribution in [3.63, 3.8) is 0 Å². The Morgan fingerprint density at radius 2 is 1.93 bits per heavy atom. The number of carbonyl (C=O) groups excluding carboxylic acids is 1. The molecule has 8 nitrogen and oxygen atoms in total. The number of carbonyl (C=O) groups is 1. The first-order chi connectivity index (χ1) is 13.2. The second-order valence-corrected chi connectivity index (χ2v) is 9.20. The number of amides is 2. The zero-order valence-electron chi connectivity index (χ0n) is 16.6. The normalized spacial score (nSPS) is 22.8. The SMILES string of the molecule is Cc1ccc(S(=O)(=O)NCC[C@@H]2CC[C@@H](NC(=O)NC(C)C)[C@@H](CO)O2)cc1. The Hall–Kier alpha value is -1.68. The van der Waals surface area contributed by atoms with Gasteiger partial charge in [0.25, 0.3) is 0 Å². The average molecular weight is 414 g/mol. The zero-order chi connectivity index (χ0) is 20.7. The summed E-state index contributed by atoms with van der Waals surface area (Å²) in [6.45, 7) is 5.67. The summed E-state index contributed by atoms with van der Waals surface area (Å²) in [6, 6.07) is 6.13. The van der Waals surface area contributed by atoms with Crippen molar-refractivity contribution in [1.82, 2.24) is 15.4 Å². The van der Waals surface area contributed by atoms with Crippen molar-refractivity contribution >= 4 is 16.1 Å². The van der Waals surface area contributed by atoms with Gasteiger partial charge in [0.15, 0.2) is 0 Å². The molecule has 1 heterocycles. The molecule has 0 spiro atoms. The first-order valence-electron chi connectivity index (χ1n) is 9.61. The number of aliphatic hydroxyl groups is 1. The molecule has 0 bridgehead atoms. The molecule has 0 aliphatic carbocycles. The molecule has 2 rings (SSSR count). The monoisotopic (exact) mass is 413 g/mol. The Balaban J connectivity index is 1.81. The molecule has 9 heteroatoms. The summed E-state index contributed by atoms with van der Waals surface area (Å²) >= 11 is 0. The summed E-state index contributed by atoms with van der Waals surface area (Å²) < 4.78 is 33.1. The molecule has 1 aromatic rings. The number of benzene rings is 1. The first-order valence-corrected chi connectivity index (χ1v) is 11.1. The fraction of sp³-hybridized carbons (Fsp3) is 0.632. The molecule has 0 unspecified atom stereocenters. The van der Waals surface area contributed by atoms with Crippen LogP contribution in [0.1, 0.15) is 38.7 Å². The predicted octanol–water partition coefficient (Wildman–Crippen LogP) is 1.28. The number of nitrogens with one attached hydrogen (secondary N) is 3. The van der Waals surface area contributed by atoms with Crippen LogP contribution in [0.15, 0.2) is 29.2 Å². The number of aliphatic hydroxyl groups excluding tert-OH is 1. The molecule has 158 valence electrons. The van der Waals surface area contributed by atoms with Gasteiger partial charge in [-0.1, -0.05) is 17.7 Å². The standard InChI is InChI=1S/C19H31N3O5S/c1-13(2)21-19(24)22-17-9-6-15(27-18(17)12-23)10-11-20-28(25,26)16-7-4-14(3)5-8-16/h4-5,7-8,13,15,17-18,20,23H,6,9-12H2,1-3H3,(H2,21,22,24)/t15-,17+,18+/m0/s1. The van der Waals surface area contributed by atoms with Crippen molar-refractivity contribution in [2.45, 2.75) is 69.2 Å². The lowest BCUT2D eigenvalue weighted by Crippen LogP contribution is -2.54. The highest BCUT2D eigenvalue weighted by Gasteiger charge is 2.32. The molecule has 1 aromatic carbocycles. The number of hydrogen-bond donors (Lipinski definition) is 4. The quantitative estimate of drug-likeness (QED) is 0.512. The van der Waals surface area contributed by atoms with Gasteiger partial charge in [-0.25, -0.2) is 17.9 Å². The Morgan fingerprint density at radius 1 is 1.25 bits per heavy atom. The van der Waals surface area contributed by atoms with E-state index in [0.717, 1.165) is 5.56 Å². The van der Waals surface area contributed by atoms with E-state index in [9.17, 15) is 18.3 Å². The predicted molar refractivity (Wildman–Crippen MR) is 107 cm³/mol. The van der Waals surface area contributed by atoms with E-state index in [1.54, 1.807) is 24.3 Å². The van der Waals surface area contributed by atoms with E-state index in [4.69, 9.17) is 4.74 Å². The van der Waals surface area contributed by atoms with Gasteiger partial charge >= 0.3 is 6.03 Å². The zero-order valence-corrected chi connectivity index (χ0v) is 17.5. The Morgan fingerprint density at radius 3 is 2.54 bits per heavy atom. The molecule has 1 aliphatic rings. The Kier molecular flexibility index (Phi) is 8.23. The van der Waals surface area contributed by atoms with Crippen molar-refractivity contribution in [1.29, 1.82) is 0 Å². The maximum absolute atomic E-state index is 12.3. The maximum atomic E-state index is 12.3. The number of sulfonamides is 1. The Labute approximate surface area is 167 Å². The number of rotatable bonds is 8. The van der Waals surface area contributed by atoms with Crippen LogP contribution < -0.4 is 15.4 Å². The highest BCUT2D eigenvalue weighted by molar-refractivity contribution is 7.89. The minimum Gasteiger partial charge on any atom is -0.394 e. The van der Waals surface area contributed by atoms with Gasteiger partial charge in [-0.15, -0.1) is 0 Å². The van der Waals surface area contributed by atoms with E-state index in [1.807, 2.05) is 20.8 Å². The van der Waals surface area contributed by atoms with Crippen molar-refractivity contribution in [3.05, 3.63) is 29.8 Å². The van der Waals surface area contributed by atoms with Crippen LogP contribution >= 0.6 is 0 Å². The lowest BCUT2D eigenvalue weighted by molar-refractivity contribution is -0.0886. The van der Waals surface area contributed by atoms with E-state index >= 15 is 0 Å². The summed E-state index contributed by atoms with van der Waals surface area (Å²) in [5.74, 6) is 0. The molecular weight excluding hydrogens is 382 g/mol. The van der Waals surface area contributed by atoms with E-state index in [0.29, 0.717) is 19.3 Å². The molecule has 1 fully saturated rings. The van der Waals surface area contributed by atoms with E-state index in [1.165, 1.54) is 0 Å². The van der Waals surface area contributed by atoms with Crippen molar-refractivity contribution in [2.75, 3.05) is 13.2 Å². The van der Waals surface area contributed by atoms with Gasteiger partial charge in [0.2, 0.25) is 10.0 Å². The smallest absolute Gasteiger partial charge is 0.315 e. The van der Waals surface area contributed by atoms with Crippen LogP contribution in [0.25, 0.3) is 0 Å². The van der Waals surface area contributed by atoms with Crippen LogP contribution in [-0.2, 0) is 14.8 Å². The van der Waals surface area contributed by atoms with Crippen molar-refractivity contribution < 1.29 is 23.1 Å². The van der Waals surface area contributed by atoms with Crippen LogP contribution in [-0.4, -0.2) is 57.0 Å². The number of aryl methyl sites for hydroxylation is 1. The molecule has 0 radical (unpaired) electrons. The summed E-state index contributed by atoms with van der Waals surface area (Å²) in [5, 5.41) is 15.2. The molecular formula is C19H31N3O5S. The second kappa shape index (κ2) is 10.2. The molecule has 4 N–H and O–H groups in total. The van der Waals surface area contributed by atoms with Gasteiger partial charge in [0.05, 0.1) is 23.6 Å². The Bertz CT molecular complexity index is 736. The third kappa shape index (κ3) is 6.73. The molecule has 1 aliphatic heterocycles. The van der Waals surface area contributed by atoms with Crippen molar-refractivity contribution in [3.8, 4) is 0 Å². The van der Waals surface area contributed by atoms with Gasteiger partial charge in [0, 0.05) is 12.6 Å². The molecule has 28 heavy (non-hydrogen) atoms. The van der Waals surface area contributed by atoms with Crippen molar-refractivity contribution in [2.24, 2.45) is 0 Å². The van der Waals surface area contributed by atoms with Gasteiger partial charge < -0.3 is 20.5 Å². The second-order valence-electron chi connectivity index (χ2n) is 7.43. The largest absolute Gasteiger partial charge is 0.394 e. The minimum atomic E-state index is -3.56. The number of ether oxygens (including phenoxy) is 1. The summed E-state index contributed by atoms with van der Waals surface area (Å²) in [6.07, 6.45) is 1.14. The van der Waals surface area contributed by atoms with Crippen LogP contribution in [0, 0.1) is 6.92 Å². The maximum Gasteiger partial charge on any atom is 0.315 e. The average Bonchev–Trinajstić information content (AvgIpc) is 2.62. The van der Waals surface area contributed by atoms with Crippen LogP contribution in [0.3, 0.4) is 0 Å². The minimum absolute atomic E-state index is 0.0198. The van der Waals surface area contributed by atoms with Gasteiger partial charge in [-0.2, -0.15) is 0 Å². The van der Waals surface area contributed by atoms with Crippen LogP contribution in [0.2, 0.25) is 0 Å². The lowest BCUT2D eigenvalue weighted by Gasteiger charge is -2.36. The van der Waals surface area contributed by atoms with Gasteiger partial charge in [-0.05, 0) is 52.2 Å². The highest BCUT2D eigenvalue weighted by Crippen LogP contribution is 2.22. The highest BCUT2D eigenvalue weighted by atomic mass is 32.2. The fourth-order valence-corrected chi connectivity index (χ4v) is 4.18. The lowest BCUT2D eigenvalue weighted by atomic mass is 9.97. The van der Waals surface area contributed by atoms with E-state index in [2.05, 4.69) is 15.4 Å². The summed E-state index contributed by atoms with van der Waals surface area (Å²) in [7, 11) is -3.56. The van der Waals surface area contributed by atoms with Gasteiger partial charge in [0.1, 0.15) is 6.10 Å². The van der Waals surface area contributed by atoms with E-state index < -0.39 is 16.1 Å². The third-order valence-electron chi connectivity index (χ3n) is 4.62. The van der Waals surface area contributed by atoms with Crippen LogP contribution in [0.5, 0.6) is 0 Å². The topological polar surface area (TPSA) is 117 Å². The number of hydrogen-bond acceptors (Lipinski definition) is 5. The third-order valence-corrected chi connectivity index (χ3v) is 6.10. The van der Waals surface area contributed by atoms with Crippen LogP contribution in [0.4, 0.5) is 4.79 Å². The summed E-state index contributed by atoms with van der Waals surface area (Å²) in [5.41, 5.74) is 0.995. The molecule has 0 saturated carbocycles. The molecule has 0 aromatic heterocycles.